The SMILES string of the molecule is CN=C(NCCCn1ccc2ccccc21)NCc1cc(OC)ccc1O. The molecule has 0 amide bonds. The van der Waals surface area contributed by atoms with E-state index in [-0.39, 0.29) is 5.75 Å². The van der Waals surface area contributed by atoms with Gasteiger partial charge in [-0.3, -0.25) is 4.99 Å². The number of aryl methyl sites for hydroxylation is 1. The Morgan fingerprint density at radius 2 is 2.00 bits per heavy atom. The van der Waals surface area contributed by atoms with Gasteiger partial charge < -0.3 is 25.0 Å². The third-order valence-electron chi connectivity index (χ3n) is 4.51. The lowest BCUT2D eigenvalue weighted by molar-refractivity contribution is 0.410. The molecule has 1 aromatic heterocycles. The van der Waals surface area contributed by atoms with E-state index in [2.05, 4.69) is 56.7 Å². The van der Waals surface area contributed by atoms with Crippen LogP contribution in [0.5, 0.6) is 11.5 Å². The highest BCUT2D eigenvalue weighted by atomic mass is 16.5. The third kappa shape index (κ3) is 4.73. The summed E-state index contributed by atoms with van der Waals surface area (Å²) in [6, 6.07) is 15.7. The first-order valence-electron chi connectivity index (χ1n) is 9.05. The summed E-state index contributed by atoms with van der Waals surface area (Å²) >= 11 is 0. The average Bonchev–Trinajstić information content (AvgIpc) is 3.11. The number of aromatic hydroxyl groups is 1. The maximum Gasteiger partial charge on any atom is 0.191 e. The highest BCUT2D eigenvalue weighted by molar-refractivity contribution is 5.80. The second-order valence-corrected chi connectivity index (χ2v) is 6.27. The van der Waals surface area contributed by atoms with Gasteiger partial charge in [-0.2, -0.15) is 0 Å². The van der Waals surface area contributed by atoms with E-state index in [0.717, 1.165) is 25.1 Å². The number of fused-ring (bicyclic) bond motifs is 1. The van der Waals surface area contributed by atoms with Crippen molar-refractivity contribution in [3.63, 3.8) is 0 Å². The molecule has 142 valence electrons. The Bertz CT molecular complexity index is 917. The summed E-state index contributed by atoms with van der Waals surface area (Å²) in [6.45, 7) is 2.20. The number of benzene rings is 2. The predicted octanol–water partition coefficient (Wildman–Crippen LogP) is 3.11. The van der Waals surface area contributed by atoms with Crippen molar-refractivity contribution in [2.24, 2.45) is 4.99 Å². The molecule has 0 saturated heterocycles. The zero-order chi connectivity index (χ0) is 19.1. The molecule has 0 unspecified atom stereocenters. The standard InChI is InChI=1S/C21H26N4O2/c1-22-21(24-15-17-14-18(27-2)8-9-20(17)26)23-11-5-12-25-13-10-16-6-3-4-7-19(16)25/h3-4,6-10,13-14,26H,5,11-12,15H2,1-2H3,(H2,22,23,24). The molecule has 1 heterocycles. The highest BCUT2D eigenvalue weighted by Gasteiger charge is 2.05. The van der Waals surface area contributed by atoms with Gasteiger partial charge in [0.2, 0.25) is 0 Å². The fourth-order valence-electron chi connectivity index (χ4n) is 3.02. The molecule has 3 N–H and O–H groups in total. The number of ether oxygens (including phenoxy) is 1. The van der Waals surface area contributed by atoms with Crippen LogP contribution >= 0.6 is 0 Å². The van der Waals surface area contributed by atoms with Crippen LogP contribution in [-0.2, 0) is 13.1 Å². The van der Waals surface area contributed by atoms with Crippen molar-refractivity contribution in [1.29, 1.82) is 0 Å². The van der Waals surface area contributed by atoms with Crippen LogP contribution in [-0.4, -0.2) is 36.3 Å². The third-order valence-corrected chi connectivity index (χ3v) is 4.51. The highest BCUT2D eigenvalue weighted by Crippen LogP contribution is 2.22. The van der Waals surface area contributed by atoms with Crippen molar-refractivity contribution >= 4 is 16.9 Å². The summed E-state index contributed by atoms with van der Waals surface area (Å²) in [5.41, 5.74) is 2.02. The van der Waals surface area contributed by atoms with Gasteiger partial charge in [0.05, 0.1) is 7.11 Å². The molecule has 0 aliphatic rings. The summed E-state index contributed by atoms with van der Waals surface area (Å²) in [4.78, 5) is 4.23. The van der Waals surface area contributed by atoms with Crippen molar-refractivity contribution in [2.75, 3.05) is 20.7 Å². The lowest BCUT2D eigenvalue weighted by Gasteiger charge is -2.13. The first-order chi connectivity index (χ1) is 13.2. The van der Waals surface area contributed by atoms with Crippen LogP contribution in [0.3, 0.4) is 0 Å². The minimum atomic E-state index is 0.234. The molecule has 6 heteroatoms. The summed E-state index contributed by atoms with van der Waals surface area (Å²) in [6.07, 6.45) is 3.10. The van der Waals surface area contributed by atoms with Crippen molar-refractivity contribution in [1.82, 2.24) is 15.2 Å². The second kappa shape index (κ2) is 8.98. The Kier molecular flexibility index (Phi) is 6.20. The van der Waals surface area contributed by atoms with Crippen molar-refractivity contribution in [2.45, 2.75) is 19.5 Å². The van der Waals surface area contributed by atoms with Gasteiger partial charge in [-0.15, -0.1) is 0 Å². The number of hydrogen-bond acceptors (Lipinski definition) is 3. The Morgan fingerprint density at radius 1 is 1.15 bits per heavy atom. The van der Waals surface area contributed by atoms with E-state index in [1.54, 1.807) is 26.3 Å². The Morgan fingerprint density at radius 3 is 2.81 bits per heavy atom. The fraction of sp³-hybridized carbons (Fsp3) is 0.286. The van der Waals surface area contributed by atoms with Gasteiger partial charge in [-0.1, -0.05) is 18.2 Å². The van der Waals surface area contributed by atoms with Crippen LogP contribution in [0.4, 0.5) is 0 Å². The molecule has 0 fully saturated rings. The number of aliphatic imine (C=N–C) groups is 1. The van der Waals surface area contributed by atoms with Crippen LogP contribution in [0.25, 0.3) is 10.9 Å². The Hall–Kier alpha value is -3.15. The van der Waals surface area contributed by atoms with Crippen molar-refractivity contribution in [3.8, 4) is 11.5 Å². The second-order valence-electron chi connectivity index (χ2n) is 6.27. The molecule has 2 aromatic carbocycles. The molecule has 6 nitrogen and oxygen atoms in total. The molecule has 27 heavy (non-hydrogen) atoms. The van der Waals surface area contributed by atoms with E-state index in [9.17, 15) is 5.11 Å². The molecular weight excluding hydrogens is 340 g/mol. The molecule has 0 spiro atoms. The molecule has 0 bridgehead atoms. The summed E-state index contributed by atoms with van der Waals surface area (Å²) < 4.78 is 7.47. The van der Waals surface area contributed by atoms with E-state index in [0.29, 0.717) is 18.3 Å². The maximum absolute atomic E-state index is 9.96. The number of phenols is 1. The van der Waals surface area contributed by atoms with Gasteiger partial charge in [0.15, 0.2) is 5.96 Å². The van der Waals surface area contributed by atoms with Crippen LogP contribution in [0, 0.1) is 0 Å². The minimum Gasteiger partial charge on any atom is -0.508 e. The van der Waals surface area contributed by atoms with Gasteiger partial charge >= 0.3 is 0 Å². The number of guanidine groups is 1. The predicted molar refractivity (Wildman–Crippen MR) is 109 cm³/mol. The van der Waals surface area contributed by atoms with Crippen molar-refractivity contribution < 1.29 is 9.84 Å². The first-order valence-corrected chi connectivity index (χ1v) is 9.05. The number of nitrogens with zero attached hydrogens (tertiary/aromatic N) is 2. The number of methoxy groups -OCH3 is 1. The normalized spacial score (nSPS) is 11.6. The van der Waals surface area contributed by atoms with E-state index < -0.39 is 0 Å². The van der Waals surface area contributed by atoms with Gasteiger partial charge in [0.25, 0.3) is 0 Å². The topological polar surface area (TPSA) is 70.8 Å². The smallest absolute Gasteiger partial charge is 0.191 e. The molecule has 0 atom stereocenters. The number of hydrogen-bond donors (Lipinski definition) is 3. The largest absolute Gasteiger partial charge is 0.508 e. The van der Waals surface area contributed by atoms with E-state index in [1.807, 2.05) is 6.07 Å². The van der Waals surface area contributed by atoms with Gasteiger partial charge in [-0.05, 0) is 42.1 Å². The Labute approximate surface area is 159 Å². The molecule has 0 aliphatic carbocycles. The average molecular weight is 366 g/mol. The lowest BCUT2D eigenvalue weighted by Crippen LogP contribution is -2.37. The van der Waals surface area contributed by atoms with Crippen LogP contribution < -0.4 is 15.4 Å². The molecule has 0 saturated carbocycles. The van der Waals surface area contributed by atoms with E-state index in [4.69, 9.17) is 4.74 Å². The van der Waals surface area contributed by atoms with Gasteiger partial charge in [0, 0.05) is 44.0 Å². The molecule has 3 aromatic rings. The van der Waals surface area contributed by atoms with Crippen LogP contribution in [0.1, 0.15) is 12.0 Å². The van der Waals surface area contributed by atoms with E-state index >= 15 is 0 Å². The molecular formula is C21H26N4O2. The van der Waals surface area contributed by atoms with Crippen molar-refractivity contribution in [3.05, 3.63) is 60.3 Å². The van der Waals surface area contributed by atoms with E-state index in [1.165, 1.54) is 10.9 Å². The Balaban J connectivity index is 1.47. The molecule has 0 radical (unpaired) electrons. The summed E-state index contributed by atoms with van der Waals surface area (Å²) in [5.74, 6) is 1.65. The number of aromatic nitrogens is 1. The maximum atomic E-state index is 9.96. The lowest BCUT2D eigenvalue weighted by atomic mass is 10.2. The van der Waals surface area contributed by atoms with Crippen LogP contribution in [0.15, 0.2) is 59.7 Å². The minimum absolute atomic E-state index is 0.234. The zero-order valence-electron chi connectivity index (χ0n) is 15.8. The quantitative estimate of drug-likeness (QED) is 0.341. The first kappa shape index (κ1) is 18.6. The van der Waals surface area contributed by atoms with Crippen LogP contribution in [0.2, 0.25) is 0 Å². The summed E-state index contributed by atoms with van der Waals surface area (Å²) in [7, 11) is 3.35. The number of para-hydroxylation sites is 1. The summed E-state index contributed by atoms with van der Waals surface area (Å²) in [5, 5.41) is 17.8. The fourth-order valence-corrected chi connectivity index (χ4v) is 3.02. The molecule has 0 aliphatic heterocycles. The monoisotopic (exact) mass is 366 g/mol. The van der Waals surface area contributed by atoms with Gasteiger partial charge in [-0.25, -0.2) is 0 Å². The zero-order valence-corrected chi connectivity index (χ0v) is 15.8. The molecule has 3 rings (SSSR count). The number of phenolic OH excluding ortho intramolecular Hbond substituents is 1. The number of nitrogens with one attached hydrogen (secondary N) is 2. The van der Waals surface area contributed by atoms with Gasteiger partial charge in [0.1, 0.15) is 11.5 Å². The number of rotatable bonds is 7.